The van der Waals surface area contributed by atoms with Crippen molar-refractivity contribution >= 4 is 32.8 Å². The van der Waals surface area contributed by atoms with Crippen molar-refractivity contribution in [2.75, 3.05) is 62.8 Å². The van der Waals surface area contributed by atoms with Gasteiger partial charge < -0.3 is 19.7 Å². The fraction of sp³-hybridized carbons (Fsp3) is 0.375. The lowest BCUT2D eigenvalue weighted by Gasteiger charge is -2.32. The number of sulfone groups is 1. The third kappa shape index (κ3) is 5.57. The third-order valence-electron chi connectivity index (χ3n) is 6.16. The number of anilines is 2. The maximum atomic E-state index is 13.2. The second-order valence-corrected chi connectivity index (χ2v) is 10.4. The molecule has 2 aliphatic rings. The van der Waals surface area contributed by atoms with Crippen LogP contribution in [0.4, 0.5) is 17.1 Å². The van der Waals surface area contributed by atoms with Crippen molar-refractivity contribution in [1.29, 1.82) is 0 Å². The Morgan fingerprint density at radius 2 is 1.64 bits per heavy atom. The van der Waals surface area contributed by atoms with Crippen LogP contribution < -0.4 is 10.2 Å². The second-order valence-electron chi connectivity index (χ2n) is 8.36. The quantitative estimate of drug-likeness (QED) is 0.319. The third-order valence-corrected chi connectivity index (χ3v) is 8.22. The summed E-state index contributed by atoms with van der Waals surface area (Å²) in [5.41, 5.74) is 0.600. The Morgan fingerprint density at radius 3 is 2.22 bits per heavy atom. The number of nitro groups is 1. The molecule has 0 spiro atoms. The van der Waals surface area contributed by atoms with E-state index in [-0.39, 0.29) is 16.1 Å². The molecule has 11 nitrogen and oxygen atoms in total. The van der Waals surface area contributed by atoms with Gasteiger partial charge >= 0.3 is 0 Å². The lowest BCUT2D eigenvalue weighted by Crippen LogP contribution is -2.46. The van der Waals surface area contributed by atoms with E-state index in [0.29, 0.717) is 64.0 Å². The van der Waals surface area contributed by atoms with Crippen molar-refractivity contribution in [3.05, 3.63) is 70.8 Å². The standard InChI is InChI=1S/C24H28N4O7S/c1-2-23(27-11-15-35-16-12-27)36(32,33)20-6-3-18(4-7-20)25-24(29)21-17-19(5-8-22(21)28(30)31)26-9-13-34-14-10-26/h2-8,17,23H,1,9-16H2,(H,25,29). The SMILES string of the molecule is C=CC(N1CCOCC1)S(=O)(=O)c1ccc(NC(=O)c2cc(N3CCOCC3)ccc2[N+](=O)[O-])cc1. The van der Waals surface area contributed by atoms with Crippen LogP contribution in [0.1, 0.15) is 10.4 Å². The number of nitro benzene ring substituents is 1. The molecular weight excluding hydrogens is 488 g/mol. The van der Waals surface area contributed by atoms with E-state index in [0.717, 1.165) is 0 Å². The van der Waals surface area contributed by atoms with E-state index in [9.17, 15) is 23.3 Å². The van der Waals surface area contributed by atoms with Crippen molar-refractivity contribution in [2.24, 2.45) is 0 Å². The van der Waals surface area contributed by atoms with Gasteiger partial charge in [-0.25, -0.2) is 8.42 Å². The van der Waals surface area contributed by atoms with Gasteiger partial charge in [0, 0.05) is 43.6 Å². The molecule has 1 atom stereocenters. The highest BCUT2D eigenvalue weighted by Crippen LogP contribution is 2.27. The normalized spacial score (nSPS) is 17.8. The first-order chi connectivity index (χ1) is 17.3. The van der Waals surface area contributed by atoms with Gasteiger partial charge in [0.25, 0.3) is 11.6 Å². The van der Waals surface area contributed by atoms with Crippen LogP contribution in [0, 0.1) is 10.1 Å². The molecule has 36 heavy (non-hydrogen) atoms. The van der Waals surface area contributed by atoms with Crippen LogP contribution >= 0.6 is 0 Å². The topological polar surface area (TPSA) is 131 Å². The summed E-state index contributed by atoms with van der Waals surface area (Å²) in [4.78, 5) is 27.8. The van der Waals surface area contributed by atoms with E-state index in [4.69, 9.17) is 9.47 Å². The van der Waals surface area contributed by atoms with Crippen molar-refractivity contribution < 1.29 is 27.6 Å². The average molecular weight is 517 g/mol. The molecule has 2 aliphatic heterocycles. The van der Waals surface area contributed by atoms with Crippen LogP contribution in [0.3, 0.4) is 0 Å². The van der Waals surface area contributed by atoms with Crippen molar-refractivity contribution in [3.63, 3.8) is 0 Å². The summed E-state index contributed by atoms with van der Waals surface area (Å²) in [6.45, 7) is 7.85. The average Bonchev–Trinajstić information content (AvgIpc) is 2.90. The Balaban J connectivity index is 1.53. The molecule has 2 saturated heterocycles. The number of benzene rings is 2. The Bertz CT molecular complexity index is 1220. The van der Waals surface area contributed by atoms with Gasteiger partial charge in [-0.15, -0.1) is 6.58 Å². The van der Waals surface area contributed by atoms with Gasteiger partial charge in [-0.3, -0.25) is 19.8 Å². The van der Waals surface area contributed by atoms with Crippen LogP contribution in [0.25, 0.3) is 0 Å². The number of rotatable bonds is 8. The predicted molar refractivity (Wildman–Crippen MR) is 134 cm³/mol. The summed E-state index contributed by atoms with van der Waals surface area (Å²) in [6.07, 6.45) is 1.40. The van der Waals surface area contributed by atoms with E-state index in [1.165, 1.54) is 42.5 Å². The highest BCUT2D eigenvalue weighted by molar-refractivity contribution is 7.92. The Hall–Kier alpha value is -3.32. The van der Waals surface area contributed by atoms with Gasteiger partial charge in [0.1, 0.15) is 10.9 Å². The molecule has 1 unspecified atom stereocenters. The number of carbonyl (C=O) groups excluding carboxylic acids is 1. The van der Waals surface area contributed by atoms with E-state index < -0.39 is 26.0 Å². The number of nitrogens with zero attached hydrogens (tertiary/aromatic N) is 3. The first-order valence-electron chi connectivity index (χ1n) is 11.5. The molecule has 192 valence electrons. The maximum Gasteiger partial charge on any atom is 0.282 e. The molecule has 2 heterocycles. The zero-order valence-electron chi connectivity index (χ0n) is 19.7. The van der Waals surface area contributed by atoms with Crippen molar-refractivity contribution in [2.45, 2.75) is 10.3 Å². The molecule has 0 bridgehead atoms. The number of carbonyl (C=O) groups is 1. The Labute approximate surface area is 209 Å². The van der Waals surface area contributed by atoms with Gasteiger partial charge in [0.15, 0.2) is 9.84 Å². The number of ether oxygens (including phenoxy) is 2. The minimum absolute atomic E-state index is 0.0807. The summed E-state index contributed by atoms with van der Waals surface area (Å²) in [7, 11) is -3.75. The van der Waals surface area contributed by atoms with Crippen LogP contribution in [-0.4, -0.2) is 82.1 Å². The van der Waals surface area contributed by atoms with Gasteiger partial charge in [-0.1, -0.05) is 6.08 Å². The molecule has 2 fully saturated rings. The molecule has 12 heteroatoms. The van der Waals surface area contributed by atoms with Crippen molar-refractivity contribution in [3.8, 4) is 0 Å². The van der Waals surface area contributed by atoms with Crippen LogP contribution in [-0.2, 0) is 19.3 Å². The van der Waals surface area contributed by atoms with Crippen molar-refractivity contribution in [1.82, 2.24) is 4.90 Å². The highest BCUT2D eigenvalue weighted by Gasteiger charge is 2.31. The lowest BCUT2D eigenvalue weighted by atomic mass is 10.1. The summed E-state index contributed by atoms with van der Waals surface area (Å²) >= 11 is 0. The highest BCUT2D eigenvalue weighted by atomic mass is 32.2. The molecule has 1 N–H and O–H groups in total. The Kier molecular flexibility index (Phi) is 7.99. The second kappa shape index (κ2) is 11.2. The molecule has 1 amide bonds. The first kappa shape index (κ1) is 25.8. The van der Waals surface area contributed by atoms with Gasteiger partial charge in [0.05, 0.1) is 36.2 Å². The van der Waals surface area contributed by atoms with Gasteiger partial charge in [-0.2, -0.15) is 0 Å². The minimum Gasteiger partial charge on any atom is -0.379 e. The first-order valence-corrected chi connectivity index (χ1v) is 13.1. The molecular formula is C24H28N4O7S. The number of morpholine rings is 2. The van der Waals surface area contributed by atoms with E-state index in [1.807, 2.05) is 4.90 Å². The molecule has 0 aliphatic carbocycles. The van der Waals surface area contributed by atoms with Crippen LogP contribution in [0.15, 0.2) is 60.0 Å². The maximum absolute atomic E-state index is 13.2. The fourth-order valence-electron chi connectivity index (χ4n) is 4.25. The van der Waals surface area contributed by atoms with E-state index in [2.05, 4.69) is 11.9 Å². The zero-order chi connectivity index (χ0) is 25.7. The molecule has 0 radical (unpaired) electrons. The Morgan fingerprint density at radius 1 is 1.03 bits per heavy atom. The number of hydrogen-bond acceptors (Lipinski definition) is 9. The summed E-state index contributed by atoms with van der Waals surface area (Å²) in [6, 6.07) is 10.2. The van der Waals surface area contributed by atoms with Gasteiger partial charge in [0.2, 0.25) is 0 Å². The predicted octanol–water partition coefficient (Wildman–Crippen LogP) is 2.30. The largest absolute Gasteiger partial charge is 0.379 e. The minimum atomic E-state index is -3.75. The zero-order valence-corrected chi connectivity index (χ0v) is 20.5. The number of hydrogen-bond donors (Lipinski definition) is 1. The fourth-order valence-corrected chi connectivity index (χ4v) is 5.90. The molecule has 2 aromatic rings. The number of nitrogens with one attached hydrogen (secondary N) is 1. The summed E-state index contributed by atoms with van der Waals surface area (Å²) in [5.74, 6) is -0.662. The number of amides is 1. The molecule has 4 rings (SSSR count). The summed E-state index contributed by atoms with van der Waals surface area (Å²) in [5, 5.41) is 13.3. The summed E-state index contributed by atoms with van der Waals surface area (Å²) < 4.78 is 37.0. The van der Waals surface area contributed by atoms with E-state index >= 15 is 0 Å². The van der Waals surface area contributed by atoms with Crippen LogP contribution in [0.5, 0.6) is 0 Å². The monoisotopic (exact) mass is 516 g/mol. The molecule has 2 aromatic carbocycles. The van der Waals surface area contributed by atoms with E-state index in [1.54, 1.807) is 11.0 Å². The lowest BCUT2D eigenvalue weighted by molar-refractivity contribution is -0.385. The molecule has 0 saturated carbocycles. The van der Waals surface area contributed by atoms with Gasteiger partial charge in [-0.05, 0) is 36.4 Å². The smallest absolute Gasteiger partial charge is 0.282 e. The van der Waals surface area contributed by atoms with Crippen LogP contribution in [0.2, 0.25) is 0 Å². The molecule has 0 aromatic heterocycles.